The third-order valence-corrected chi connectivity index (χ3v) is 4.89. The van der Waals surface area contributed by atoms with Crippen molar-refractivity contribution in [2.24, 2.45) is 0 Å². The molecule has 0 unspecified atom stereocenters. The zero-order chi connectivity index (χ0) is 15.8. The van der Waals surface area contributed by atoms with Gasteiger partial charge in [0, 0.05) is 24.7 Å². The van der Waals surface area contributed by atoms with Gasteiger partial charge in [-0.15, -0.1) is 11.3 Å². The first kappa shape index (κ1) is 14.1. The quantitative estimate of drug-likeness (QED) is 0.709. The van der Waals surface area contributed by atoms with Crippen molar-refractivity contribution in [3.8, 4) is 11.1 Å². The molecule has 3 nitrogen and oxygen atoms in total. The predicted octanol–water partition coefficient (Wildman–Crippen LogP) is 4.15. The fourth-order valence-corrected chi connectivity index (χ4v) is 3.74. The number of halogens is 1. The van der Waals surface area contributed by atoms with Gasteiger partial charge in [-0.1, -0.05) is 12.1 Å². The minimum Gasteiger partial charge on any atom is -0.305 e. The number of hydrogen-bond acceptors (Lipinski definition) is 3. The van der Waals surface area contributed by atoms with Crippen molar-refractivity contribution < 1.29 is 9.18 Å². The van der Waals surface area contributed by atoms with Crippen molar-refractivity contribution in [2.75, 3.05) is 11.4 Å². The first-order chi connectivity index (χ1) is 11.2. The molecule has 1 aromatic carbocycles. The molecular formula is C18H13FN2OS. The number of rotatable bonds is 2. The molecule has 114 valence electrons. The number of thiophene rings is 1. The molecule has 0 fully saturated rings. The first-order valence-corrected chi connectivity index (χ1v) is 8.21. The SMILES string of the molecule is O=C(c1sccc1-c1ccc(F)cc1)N1CCc2ncccc21. The second kappa shape index (κ2) is 5.59. The van der Waals surface area contributed by atoms with Crippen LogP contribution in [0.25, 0.3) is 11.1 Å². The maximum absolute atomic E-state index is 13.1. The van der Waals surface area contributed by atoms with Gasteiger partial charge in [-0.25, -0.2) is 4.39 Å². The largest absolute Gasteiger partial charge is 0.305 e. The van der Waals surface area contributed by atoms with Gasteiger partial charge in [0.25, 0.3) is 5.91 Å². The predicted molar refractivity (Wildman–Crippen MR) is 89.3 cm³/mol. The smallest absolute Gasteiger partial charge is 0.269 e. The number of pyridine rings is 1. The molecule has 3 heterocycles. The number of hydrogen-bond donors (Lipinski definition) is 0. The molecule has 1 amide bonds. The molecule has 0 bridgehead atoms. The third-order valence-electron chi connectivity index (χ3n) is 3.99. The zero-order valence-corrected chi connectivity index (χ0v) is 13.0. The van der Waals surface area contributed by atoms with Gasteiger partial charge in [0.15, 0.2) is 0 Å². The number of carbonyl (C=O) groups is 1. The van der Waals surface area contributed by atoms with Gasteiger partial charge in [0.05, 0.1) is 11.4 Å². The lowest BCUT2D eigenvalue weighted by atomic mass is 10.1. The zero-order valence-electron chi connectivity index (χ0n) is 12.2. The molecule has 0 radical (unpaired) electrons. The molecule has 1 aliphatic rings. The topological polar surface area (TPSA) is 33.2 Å². The highest BCUT2D eigenvalue weighted by atomic mass is 32.1. The number of fused-ring (bicyclic) bond motifs is 1. The van der Waals surface area contributed by atoms with Crippen LogP contribution in [0.5, 0.6) is 0 Å². The first-order valence-electron chi connectivity index (χ1n) is 7.33. The maximum atomic E-state index is 13.1. The Kier molecular flexibility index (Phi) is 3.42. The molecule has 0 saturated carbocycles. The molecule has 1 aliphatic heterocycles. The summed E-state index contributed by atoms with van der Waals surface area (Å²) in [6.45, 7) is 0.645. The van der Waals surface area contributed by atoms with Crippen molar-refractivity contribution in [3.05, 3.63) is 70.4 Å². The lowest BCUT2D eigenvalue weighted by molar-refractivity contribution is 0.0994. The van der Waals surface area contributed by atoms with Crippen LogP contribution in [0.4, 0.5) is 10.1 Å². The lowest BCUT2D eigenvalue weighted by Crippen LogP contribution is -2.28. The average Bonchev–Trinajstić information content (AvgIpc) is 3.22. The van der Waals surface area contributed by atoms with E-state index in [2.05, 4.69) is 4.98 Å². The molecule has 0 N–H and O–H groups in total. The van der Waals surface area contributed by atoms with E-state index in [0.717, 1.165) is 28.9 Å². The van der Waals surface area contributed by atoms with E-state index < -0.39 is 0 Å². The summed E-state index contributed by atoms with van der Waals surface area (Å²) in [6, 6.07) is 11.9. The highest BCUT2D eigenvalue weighted by Crippen LogP contribution is 2.33. The van der Waals surface area contributed by atoms with E-state index in [1.807, 2.05) is 23.6 Å². The van der Waals surface area contributed by atoms with Crippen molar-refractivity contribution in [1.29, 1.82) is 0 Å². The fourth-order valence-electron chi connectivity index (χ4n) is 2.87. The summed E-state index contributed by atoms with van der Waals surface area (Å²) in [5, 5.41) is 1.89. The number of benzene rings is 1. The van der Waals surface area contributed by atoms with E-state index in [4.69, 9.17) is 0 Å². The molecule has 0 spiro atoms. The summed E-state index contributed by atoms with van der Waals surface area (Å²) in [7, 11) is 0. The highest BCUT2D eigenvalue weighted by Gasteiger charge is 2.28. The minimum absolute atomic E-state index is 0.0222. The second-order valence-corrected chi connectivity index (χ2v) is 6.26. The summed E-state index contributed by atoms with van der Waals surface area (Å²) >= 11 is 1.41. The van der Waals surface area contributed by atoms with E-state index in [0.29, 0.717) is 11.4 Å². The van der Waals surface area contributed by atoms with Gasteiger partial charge in [-0.05, 0) is 41.3 Å². The van der Waals surface area contributed by atoms with E-state index in [9.17, 15) is 9.18 Å². The molecule has 0 atom stereocenters. The van der Waals surface area contributed by atoms with Crippen molar-refractivity contribution in [1.82, 2.24) is 4.98 Å². The lowest BCUT2D eigenvalue weighted by Gasteiger charge is -2.17. The Bertz CT molecular complexity index is 873. The summed E-state index contributed by atoms with van der Waals surface area (Å²) < 4.78 is 13.1. The Labute approximate surface area is 137 Å². The Morgan fingerprint density at radius 1 is 1.17 bits per heavy atom. The van der Waals surface area contributed by atoms with E-state index >= 15 is 0 Å². The Balaban J connectivity index is 1.71. The molecule has 2 aromatic heterocycles. The molecule has 0 saturated heterocycles. The number of nitrogens with zero attached hydrogens (tertiary/aromatic N) is 2. The molecule has 0 aliphatic carbocycles. The molecule has 23 heavy (non-hydrogen) atoms. The summed E-state index contributed by atoms with van der Waals surface area (Å²) in [5.74, 6) is -0.303. The summed E-state index contributed by atoms with van der Waals surface area (Å²) in [4.78, 5) is 19.8. The maximum Gasteiger partial charge on any atom is 0.269 e. The number of anilines is 1. The van der Waals surface area contributed by atoms with Crippen molar-refractivity contribution >= 4 is 22.9 Å². The fraction of sp³-hybridized carbons (Fsp3) is 0.111. The Morgan fingerprint density at radius 2 is 2.00 bits per heavy atom. The Morgan fingerprint density at radius 3 is 2.83 bits per heavy atom. The van der Waals surface area contributed by atoms with E-state index in [-0.39, 0.29) is 11.7 Å². The van der Waals surface area contributed by atoms with Crippen LogP contribution in [0.1, 0.15) is 15.4 Å². The average molecular weight is 324 g/mol. The van der Waals surface area contributed by atoms with Gasteiger partial charge < -0.3 is 4.90 Å². The van der Waals surface area contributed by atoms with Crippen LogP contribution >= 0.6 is 11.3 Å². The highest BCUT2D eigenvalue weighted by molar-refractivity contribution is 7.12. The van der Waals surface area contributed by atoms with Gasteiger partial charge in [0.1, 0.15) is 10.7 Å². The van der Waals surface area contributed by atoms with Crippen LogP contribution < -0.4 is 4.90 Å². The van der Waals surface area contributed by atoms with Crippen molar-refractivity contribution in [3.63, 3.8) is 0 Å². The van der Waals surface area contributed by atoms with Gasteiger partial charge in [0.2, 0.25) is 0 Å². The van der Waals surface area contributed by atoms with Crippen LogP contribution in [0, 0.1) is 5.82 Å². The molecule has 3 aromatic rings. The van der Waals surface area contributed by atoms with Crippen LogP contribution in [-0.2, 0) is 6.42 Å². The van der Waals surface area contributed by atoms with Gasteiger partial charge in [-0.2, -0.15) is 0 Å². The van der Waals surface area contributed by atoms with Gasteiger partial charge in [-0.3, -0.25) is 9.78 Å². The third kappa shape index (κ3) is 2.43. The Hall–Kier alpha value is -2.53. The normalized spacial score (nSPS) is 13.2. The van der Waals surface area contributed by atoms with Crippen LogP contribution in [0.3, 0.4) is 0 Å². The minimum atomic E-state index is -0.281. The monoisotopic (exact) mass is 324 g/mol. The van der Waals surface area contributed by atoms with Crippen LogP contribution in [0.15, 0.2) is 54.0 Å². The van der Waals surface area contributed by atoms with Crippen LogP contribution in [-0.4, -0.2) is 17.4 Å². The van der Waals surface area contributed by atoms with Crippen molar-refractivity contribution in [2.45, 2.75) is 6.42 Å². The summed E-state index contributed by atoms with van der Waals surface area (Å²) in [6.07, 6.45) is 2.53. The van der Waals surface area contributed by atoms with E-state index in [1.165, 1.54) is 23.5 Å². The number of carbonyl (C=O) groups excluding carboxylic acids is 1. The van der Waals surface area contributed by atoms with Gasteiger partial charge >= 0.3 is 0 Å². The molecule has 4 rings (SSSR count). The number of amides is 1. The number of aromatic nitrogens is 1. The van der Waals surface area contributed by atoms with E-state index in [1.54, 1.807) is 23.2 Å². The second-order valence-electron chi connectivity index (χ2n) is 5.35. The standard InChI is InChI=1S/C18H13FN2OS/c19-13-5-3-12(4-6-13)14-8-11-23-17(14)18(22)21-10-7-15-16(21)2-1-9-20-15/h1-6,8-9,11H,7,10H2. The summed E-state index contributed by atoms with van der Waals surface area (Å²) in [5.41, 5.74) is 3.54. The molecular weight excluding hydrogens is 311 g/mol. The molecule has 5 heteroatoms. The van der Waals surface area contributed by atoms with Crippen LogP contribution in [0.2, 0.25) is 0 Å².